The van der Waals surface area contributed by atoms with Gasteiger partial charge in [-0.1, -0.05) is 156 Å². The number of rotatable bonds is 6. The summed E-state index contributed by atoms with van der Waals surface area (Å²) in [5.74, 6) is 0.877. The van der Waals surface area contributed by atoms with E-state index in [4.69, 9.17) is 10.1 Å². The molecule has 0 unspecified atom stereocenters. The molecule has 0 aliphatic carbocycles. The monoisotopic (exact) mass is 950 g/mol. The molecule has 0 aliphatic heterocycles. The molecule has 0 spiro atoms. The zero-order chi connectivity index (χ0) is 41.5. The fraction of sp³-hybridized carbons (Fsp3) is 0.385. The van der Waals surface area contributed by atoms with E-state index in [1.165, 1.54) is 33.3 Å². The molecule has 0 amide bonds. The van der Waals surface area contributed by atoms with Crippen LogP contribution in [0.15, 0.2) is 97.2 Å². The van der Waals surface area contributed by atoms with Crippen molar-refractivity contribution >= 4 is 33.2 Å². The number of fused-ring (bicyclic) bond motifs is 3. The van der Waals surface area contributed by atoms with Crippen LogP contribution in [0.3, 0.4) is 0 Å². The van der Waals surface area contributed by atoms with Gasteiger partial charge < -0.3 is 9.47 Å². The summed E-state index contributed by atoms with van der Waals surface area (Å²) < 4.78 is 4.42. The Morgan fingerprint density at radius 3 is 1.84 bits per heavy atom. The van der Waals surface area contributed by atoms with Gasteiger partial charge >= 0.3 is 21.1 Å². The molecule has 58 heavy (non-hydrogen) atoms. The van der Waals surface area contributed by atoms with Crippen LogP contribution in [0.4, 0.5) is 11.4 Å². The van der Waals surface area contributed by atoms with Gasteiger partial charge in [-0.15, -0.1) is 41.3 Å². The van der Waals surface area contributed by atoms with E-state index in [1.807, 2.05) is 6.20 Å². The Morgan fingerprint density at radius 1 is 0.552 bits per heavy atom. The minimum absolute atomic E-state index is 0. The van der Waals surface area contributed by atoms with Crippen LogP contribution in [0.25, 0.3) is 33.3 Å². The molecule has 7 rings (SSSR count). The summed E-state index contributed by atoms with van der Waals surface area (Å²) in [7, 11) is 2.13. The van der Waals surface area contributed by atoms with E-state index in [1.54, 1.807) is 0 Å². The van der Waals surface area contributed by atoms with Gasteiger partial charge in [-0.05, 0) is 62.9 Å². The second-order valence-electron chi connectivity index (χ2n) is 20.6. The molecule has 0 fully saturated rings. The smallest absolute Gasteiger partial charge is 0.391 e. The van der Waals surface area contributed by atoms with E-state index in [0.717, 1.165) is 45.0 Å². The number of hydrogen-bond donors (Lipinski definition) is 0. The van der Waals surface area contributed by atoms with Crippen LogP contribution in [0.5, 0.6) is 0 Å². The maximum atomic E-state index is 5.24. The van der Waals surface area contributed by atoms with Gasteiger partial charge in [0.15, 0.2) is 0 Å². The molecule has 6 heteroatoms. The molecule has 0 radical (unpaired) electrons. The van der Waals surface area contributed by atoms with Crippen LogP contribution in [0.2, 0.25) is 0 Å². The zero-order valence-corrected chi connectivity index (χ0v) is 39.6. The second kappa shape index (κ2) is 15.0. The maximum Gasteiger partial charge on any atom is 2.00 e. The van der Waals surface area contributed by atoms with Gasteiger partial charge in [-0.2, -0.15) is 11.2 Å². The number of pyridine rings is 1. The Morgan fingerprint density at radius 2 is 1.22 bits per heavy atom. The Hall–Kier alpha value is -4.47. The number of benzene rings is 4. The van der Waals surface area contributed by atoms with Crippen molar-refractivity contribution in [2.75, 3.05) is 11.9 Å². The Kier molecular flexibility index (Phi) is 11.1. The van der Waals surface area contributed by atoms with Crippen molar-refractivity contribution in [2.24, 2.45) is 0 Å². The average Bonchev–Trinajstić information content (AvgIpc) is 3.75. The molecule has 0 N–H and O–H groups in total. The minimum Gasteiger partial charge on any atom is -0.391 e. The van der Waals surface area contributed by atoms with Crippen molar-refractivity contribution in [2.45, 2.75) is 124 Å². The molecular formula is C52H61N5Pt. The first kappa shape index (κ1) is 43.1. The van der Waals surface area contributed by atoms with Gasteiger partial charge in [0.25, 0.3) is 0 Å². The number of anilines is 2. The fourth-order valence-corrected chi connectivity index (χ4v) is 7.65. The third-order valence-corrected chi connectivity index (χ3v) is 11.6. The first-order chi connectivity index (χ1) is 26.4. The van der Waals surface area contributed by atoms with Crippen LogP contribution in [0.1, 0.15) is 131 Å². The SMILES string of the molecule is CN(c1[c-]c2c(cc1)c1cc(C(C)(C)C)ccc1n2-c1cc(C(C)(C)c2ccccc2)ccn1)c1[c-]c(-n2nc(C(C)(C)C)cc2C(C)(C)C)cc(C(C)(C)C)c1.[Pt+2]. The summed E-state index contributed by atoms with van der Waals surface area (Å²) in [5.41, 5.74) is 11.7. The van der Waals surface area contributed by atoms with Crippen molar-refractivity contribution in [1.82, 2.24) is 19.3 Å². The van der Waals surface area contributed by atoms with Crippen molar-refractivity contribution < 1.29 is 21.1 Å². The standard InChI is InChI=1S/C52H61N5.Pt/c1-48(2,3)35-21-24-43-42(29-35)41-23-22-38(32-44(41)56(43)47-30-36(25-26-53-47)52(13,14)34-19-17-16-18-20-34)55(15)39-27-37(49(4,5)6)28-40(31-39)57-46(51(10,11)12)33-45(54-57)50(7,8)9;/h16-30,33H,1-15H3;/q-2;+2. The van der Waals surface area contributed by atoms with E-state index < -0.39 is 0 Å². The quantitative estimate of drug-likeness (QED) is 0.156. The van der Waals surface area contributed by atoms with Crippen LogP contribution >= 0.6 is 0 Å². The predicted octanol–water partition coefficient (Wildman–Crippen LogP) is 13.2. The summed E-state index contributed by atoms with van der Waals surface area (Å²) in [4.78, 5) is 7.25. The number of aromatic nitrogens is 4. The predicted molar refractivity (Wildman–Crippen MR) is 241 cm³/mol. The minimum atomic E-state index is -0.215. The van der Waals surface area contributed by atoms with E-state index >= 15 is 0 Å². The van der Waals surface area contributed by atoms with Gasteiger partial charge in [-0.25, -0.2) is 4.98 Å². The normalized spacial score (nSPS) is 12.9. The fourth-order valence-electron chi connectivity index (χ4n) is 7.65. The molecule has 3 heterocycles. The topological polar surface area (TPSA) is 38.9 Å². The summed E-state index contributed by atoms with van der Waals surface area (Å²) in [6.45, 7) is 31.7. The van der Waals surface area contributed by atoms with Crippen LogP contribution in [0, 0.1) is 12.1 Å². The third kappa shape index (κ3) is 8.09. The van der Waals surface area contributed by atoms with Gasteiger partial charge in [0.2, 0.25) is 0 Å². The summed E-state index contributed by atoms with van der Waals surface area (Å²) in [6.07, 6.45) is 1.95. The molecule has 5 nitrogen and oxygen atoms in total. The largest absolute Gasteiger partial charge is 2.00 e. The summed E-state index contributed by atoms with van der Waals surface area (Å²) in [6, 6.07) is 41.0. The van der Waals surface area contributed by atoms with E-state index in [9.17, 15) is 0 Å². The molecule has 7 aromatic rings. The average molecular weight is 951 g/mol. The third-order valence-electron chi connectivity index (χ3n) is 11.6. The molecule has 3 aromatic heterocycles. The molecule has 304 valence electrons. The van der Waals surface area contributed by atoms with Gasteiger partial charge in [0.05, 0.1) is 5.69 Å². The van der Waals surface area contributed by atoms with E-state index in [0.29, 0.717) is 0 Å². The van der Waals surface area contributed by atoms with Crippen LogP contribution in [-0.2, 0) is 48.1 Å². The van der Waals surface area contributed by atoms with Gasteiger partial charge in [-0.3, -0.25) is 4.68 Å². The second-order valence-corrected chi connectivity index (χ2v) is 20.6. The molecule has 0 saturated heterocycles. The van der Waals surface area contributed by atoms with E-state index in [2.05, 4.69) is 221 Å². The van der Waals surface area contributed by atoms with Gasteiger partial charge in [0.1, 0.15) is 5.82 Å². The molecule has 0 atom stereocenters. The molecule has 4 aromatic carbocycles. The van der Waals surface area contributed by atoms with Crippen molar-refractivity contribution in [3.63, 3.8) is 0 Å². The first-order valence-corrected chi connectivity index (χ1v) is 20.4. The number of hydrogen-bond acceptors (Lipinski definition) is 3. The summed E-state index contributed by atoms with van der Waals surface area (Å²) in [5, 5.41) is 7.59. The Balaban J connectivity index is 0.00000567. The first-order valence-electron chi connectivity index (χ1n) is 20.4. The Bertz CT molecular complexity index is 2600. The summed E-state index contributed by atoms with van der Waals surface area (Å²) >= 11 is 0. The molecule has 0 saturated carbocycles. The molecule has 0 aliphatic rings. The maximum absolute atomic E-state index is 5.24. The van der Waals surface area contributed by atoms with Gasteiger partial charge in [0, 0.05) is 40.7 Å². The van der Waals surface area contributed by atoms with Crippen LogP contribution < -0.4 is 4.90 Å². The molecule has 0 bridgehead atoms. The van der Waals surface area contributed by atoms with E-state index in [-0.39, 0.29) is 48.1 Å². The van der Waals surface area contributed by atoms with Crippen molar-refractivity contribution in [3.8, 4) is 11.5 Å². The zero-order valence-electron chi connectivity index (χ0n) is 37.3. The van der Waals surface area contributed by atoms with Crippen molar-refractivity contribution in [1.29, 1.82) is 0 Å². The number of nitrogens with zero attached hydrogens (tertiary/aromatic N) is 5. The Labute approximate surface area is 362 Å². The van der Waals surface area contributed by atoms with Crippen LogP contribution in [-0.4, -0.2) is 26.4 Å². The molecular weight excluding hydrogens is 890 g/mol. The van der Waals surface area contributed by atoms with Crippen molar-refractivity contribution in [3.05, 3.63) is 143 Å².